The molecule has 27 nitrogen and oxygen atoms in total. The summed E-state index contributed by atoms with van der Waals surface area (Å²) in [6, 6.07) is 20.7. The summed E-state index contributed by atoms with van der Waals surface area (Å²) in [5.74, 6) is -7.22. The van der Waals surface area contributed by atoms with Crippen LogP contribution in [0.15, 0.2) is 128 Å². The third-order valence-corrected chi connectivity index (χ3v) is 18.1. The number of carbonyl (C=O) groups is 10. The molecule has 0 radical (unpaired) electrons. The fraction of sp³-hybridized carbons (Fsp3) is 0.459. The van der Waals surface area contributed by atoms with Gasteiger partial charge in [-0.1, -0.05) is 156 Å². The van der Waals surface area contributed by atoms with Gasteiger partial charge < -0.3 is 72.1 Å². The first-order valence-corrected chi connectivity index (χ1v) is 33.9. The molecule has 4 heterocycles. The van der Waals surface area contributed by atoms with E-state index in [4.69, 9.17) is 14.2 Å². The number of nitrogens with one attached hydrogen (secondary N) is 9. The quantitative estimate of drug-likeness (QED) is 0.0519. The van der Waals surface area contributed by atoms with Crippen molar-refractivity contribution < 1.29 is 67.3 Å². The predicted molar refractivity (Wildman–Crippen MR) is 377 cm³/mol. The van der Waals surface area contributed by atoms with Gasteiger partial charge in [0.25, 0.3) is 0 Å². The summed E-state index contributed by atoms with van der Waals surface area (Å²) in [6.45, 7) is 13.5. The molecule has 8 amide bonds. The highest BCUT2D eigenvalue weighted by Crippen LogP contribution is 2.30. The van der Waals surface area contributed by atoms with E-state index in [1.165, 1.54) is 15.8 Å². The Morgan fingerprint density at radius 3 is 1.73 bits per heavy atom. The number of aryl methyl sites for hydroxylation is 1. The number of amides is 8. The zero-order valence-electron chi connectivity index (χ0n) is 59.1. The number of fused-ring (bicyclic) bond motifs is 23. The van der Waals surface area contributed by atoms with Crippen molar-refractivity contribution in [1.29, 1.82) is 0 Å². The first-order chi connectivity index (χ1) is 48.0. The number of likely N-dealkylation sites (N-methyl/N-ethyl adjacent to an activating group) is 2. The van der Waals surface area contributed by atoms with Gasteiger partial charge in [-0.05, 0) is 108 Å². The maximum absolute atomic E-state index is 15.3. The molecule has 3 aliphatic heterocycles. The second-order valence-corrected chi connectivity index (χ2v) is 27.8. The molecule has 9 rings (SSSR count). The predicted octanol–water partition coefficient (Wildman–Crippen LogP) is 3.49. The molecule has 1 saturated heterocycles. The topological polar surface area (TPSA) is 361 Å². The van der Waals surface area contributed by atoms with Crippen molar-refractivity contribution in [1.82, 2.24) is 67.7 Å². The van der Waals surface area contributed by atoms with Gasteiger partial charge in [0.2, 0.25) is 47.3 Å². The van der Waals surface area contributed by atoms with Gasteiger partial charge in [0, 0.05) is 32.4 Å². The van der Waals surface area contributed by atoms with Crippen molar-refractivity contribution in [3.8, 4) is 5.75 Å². The number of ether oxygens (including phenoxy) is 3. The van der Waals surface area contributed by atoms with E-state index in [0.717, 1.165) is 28.7 Å². The molecule has 0 saturated carbocycles. The molecular weight excluding hydrogens is 1290 g/mol. The highest BCUT2D eigenvalue weighted by molar-refractivity contribution is 5.98. The van der Waals surface area contributed by atoms with Crippen molar-refractivity contribution in [2.75, 3.05) is 34.4 Å². The molecule has 1 aromatic heterocycles. The van der Waals surface area contributed by atoms with E-state index in [1.807, 2.05) is 78.9 Å². The molecule has 1 fully saturated rings. The van der Waals surface area contributed by atoms with Crippen molar-refractivity contribution in [2.24, 2.45) is 10.8 Å². The molecule has 10 N–H and O–H groups in total. The van der Waals surface area contributed by atoms with Crippen LogP contribution in [0.5, 0.6) is 5.75 Å². The Hall–Kier alpha value is -10.1. The van der Waals surface area contributed by atoms with Crippen molar-refractivity contribution >= 4 is 80.7 Å². The number of rotatable bonds is 15. The molecule has 11 atom stereocenters. The third-order valence-electron chi connectivity index (χ3n) is 18.1. The molecule has 540 valence electrons. The molecule has 101 heavy (non-hydrogen) atoms. The normalized spacial score (nSPS) is 21.8. The molecule has 4 bridgehead atoms. The second kappa shape index (κ2) is 34.8. The minimum absolute atomic E-state index is 0.0261. The SMILES string of the molecule is CN[C@@H](C)C(=O)N[C@H](C(=O)N[C@H]1C/C=C/COc2ccc(cc2)C[C@H](C(=O)O)NC(=O)[C@H](Cc2ccc3ccccc3c2)NC(=O)[C@@H]2[C@@H](CCN2C(=O)[C@@H](NC(=O)[C@H](C)NC)C(C)(C)C)OCc2cn(nn2)CC[C@@H](C(=O)OC)NC(=O)[C@H](Cc2ccc3ccccc3c2)NC1=O)C(C)(C)C. The number of aromatic nitrogens is 3. The van der Waals surface area contributed by atoms with Crippen LogP contribution in [0.3, 0.4) is 0 Å². The number of esters is 1. The van der Waals surface area contributed by atoms with Gasteiger partial charge in [0.05, 0.1) is 38.1 Å². The molecular formula is C74H95N13O14. The van der Waals surface area contributed by atoms with Crippen LogP contribution in [0.1, 0.15) is 97.0 Å². The van der Waals surface area contributed by atoms with Crippen LogP contribution in [-0.4, -0.2) is 185 Å². The van der Waals surface area contributed by atoms with Crippen molar-refractivity contribution in [2.45, 2.75) is 174 Å². The fourth-order valence-corrected chi connectivity index (χ4v) is 11.9. The Labute approximate surface area is 587 Å². The average molecular weight is 1390 g/mol. The maximum Gasteiger partial charge on any atom is 0.328 e. The average Bonchev–Trinajstić information content (AvgIpc) is 1.68. The summed E-state index contributed by atoms with van der Waals surface area (Å²) in [6.07, 6.45) is 3.17. The van der Waals surface area contributed by atoms with Crippen LogP contribution in [0.4, 0.5) is 0 Å². The number of likely N-dealkylation sites (tertiary alicyclic amines) is 1. The Kier molecular flexibility index (Phi) is 26.4. The minimum Gasteiger partial charge on any atom is -0.490 e. The van der Waals surface area contributed by atoms with Gasteiger partial charge in [-0.2, -0.15) is 0 Å². The number of aliphatic carboxylic acids is 1. The largest absolute Gasteiger partial charge is 0.490 e. The molecule has 3 aliphatic rings. The lowest BCUT2D eigenvalue weighted by Gasteiger charge is -2.37. The van der Waals surface area contributed by atoms with Crippen molar-refractivity contribution in [3.05, 3.63) is 150 Å². The highest BCUT2D eigenvalue weighted by atomic mass is 16.5. The Morgan fingerprint density at radius 1 is 0.644 bits per heavy atom. The molecule has 27 heteroatoms. The van der Waals surface area contributed by atoms with Gasteiger partial charge >= 0.3 is 11.9 Å². The van der Waals surface area contributed by atoms with Crippen molar-refractivity contribution in [3.63, 3.8) is 0 Å². The Balaban J connectivity index is 1.15. The number of hydrogen-bond donors (Lipinski definition) is 10. The lowest BCUT2D eigenvalue weighted by Crippen LogP contribution is -2.62. The molecule has 0 spiro atoms. The van der Waals surface area contributed by atoms with Gasteiger partial charge in [-0.15, -0.1) is 5.10 Å². The molecule has 5 aromatic carbocycles. The first-order valence-electron chi connectivity index (χ1n) is 33.9. The van der Waals surface area contributed by atoms with E-state index in [-0.39, 0.29) is 70.5 Å². The van der Waals surface area contributed by atoms with E-state index >= 15 is 9.59 Å². The number of hydrogen-bond acceptors (Lipinski definition) is 17. The zero-order valence-corrected chi connectivity index (χ0v) is 59.1. The van der Waals surface area contributed by atoms with E-state index in [9.17, 15) is 43.5 Å². The highest BCUT2D eigenvalue weighted by Gasteiger charge is 2.48. The summed E-state index contributed by atoms with van der Waals surface area (Å²) in [4.78, 5) is 145. The summed E-state index contributed by atoms with van der Waals surface area (Å²) in [7, 11) is 4.37. The number of nitrogens with zero attached hydrogens (tertiary/aromatic N) is 4. The van der Waals surface area contributed by atoms with E-state index in [0.29, 0.717) is 22.4 Å². The Morgan fingerprint density at radius 2 is 1.19 bits per heavy atom. The van der Waals surface area contributed by atoms with E-state index in [1.54, 1.807) is 112 Å². The number of benzene rings is 5. The van der Waals surface area contributed by atoms with Crippen LogP contribution < -0.4 is 52.6 Å². The van der Waals surface area contributed by atoms with Crippen LogP contribution in [0.2, 0.25) is 0 Å². The number of carboxylic acids is 1. The monoisotopic (exact) mass is 1390 g/mol. The van der Waals surface area contributed by atoms with Crippen LogP contribution in [-0.2, 0) is 89.8 Å². The first kappa shape index (κ1) is 76.6. The standard InChI is InChI=1S/C74H95N13O14/c1-43(75-9)63(88)82-61(73(3,4)5)69(94)77-54-22-16-17-35-100-53-29-25-45(26-30-53)38-58(71(96)97)81-67(92)57(40-47-24-28-49-19-13-15-21-51(49)37-47)80-68(93)60-59(32-34-87(60)70(95)62(74(6,7)8)83-64(89)44(2)76-10)101-42-52-41-86(85-84-52)33-31-55(72(98)99-11)78-66(91)56(79-65(54)90)39-46-23-27-48-18-12-14-20-50(48)36-46/h12-21,23-30,36-37,41,43-44,54-62,75-76H,22,31-35,38-40,42H2,1-11H3,(H,77,94)(H,78,91)(H,79,90)(H,80,93)(H,81,92)(H,82,88)(H,83,89)(H,96,97)/b17-16+/t43-,44-,54-,55-,56-,57-,58+,59+,60-,61+,62+/m0/s1. The van der Waals surface area contributed by atoms with Gasteiger partial charge in [-0.25, -0.2) is 9.59 Å². The molecule has 0 aliphatic carbocycles. The van der Waals surface area contributed by atoms with Crippen LogP contribution in [0.25, 0.3) is 21.5 Å². The van der Waals surface area contributed by atoms with Gasteiger partial charge in [0.15, 0.2) is 0 Å². The fourth-order valence-electron chi connectivity index (χ4n) is 11.9. The van der Waals surface area contributed by atoms with Gasteiger partial charge in [0.1, 0.15) is 66.4 Å². The van der Waals surface area contributed by atoms with Crippen LogP contribution >= 0.6 is 0 Å². The van der Waals surface area contributed by atoms with E-state index < -0.39 is 137 Å². The smallest absolute Gasteiger partial charge is 0.328 e. The zero-order chi connectivity index (χ0) is 73.3. The lowest BCUT2D eigenvalue weighted by atomic mass is 9.85. The molecule has 6 aromatic rings. The Bertz CT molecular complexity index is 3980. The summed E-state index contributed by atoms with van der Waals surface area (Å²) in [5.41, 5.74) is 0.278. The second-order valence-electron chi connectivity index (χ2n) is 27.8. The van der Waals surface area contributed by atoms with Crippen LogP contribution in [0, 0.1) is 10.8 Å². The lowest BCUT2D eigenvalue weighted by molar-refractivity contribution is -0.147. The van der Waals surface area contributed by atoms with Gasteiger partial charge in [-0.3, -0.25) is 43.0 Å². The number of carbonyl (C=O) groups excluding carboxylic acids is 9. The minimum atomic E-state index is -1.51. The summed E-state index contributed by atoms with van der Waals surface area (Å²) < 4.78 is 19.2. The van der Waals surface area contributed by atoms with E-state index in [2.05, 4.69) is 58.2 Å². The maximum atomic E-state index is 15.3. The molecule has 0 unspecified atom stereocenters. The summed E-state index contributed by atoms with van der Waals surface area (Å²) >= 11 is 0. The number of methoxy groups -OCH3 is 1. The number of carboxylic acid groups (broad SMARTS) is 1. The summed E-state index contributed by atoms with van der Waals surface area (Å²) in [5, 5.41) is 48.3. The third kappa shape index (κ3) is 21.0.